The van der Waals surface area contributed by atoms with E-state index in [1.165, 1.54) is 18.6 Å². The van der Waals surface area contributed by atoms with Crippen molar-refractivity contribution in [1.29, 1.82) is 0 Å². The van der Waals surface area contributed by atoms with Crippen molar-refractivity contribution in [2.45, 2.75) is 44.8 Å². The third-order valence-corrected chi connectivity index (χ3v) is 6.02. The maximum atomic E-state index is 13.0. The topological polar surface area (TPSA) is 41.6 Å². The molecule has 0 bridgehead atoms. The van der Waals surface area contributed by atoms with Crippen LogP contribution in [0.5, 0.6) is 5.75 Å². The molecule has 1 aliphatic heterocycles. The maximum absolute atomic E-state index is 13.0. The highest BCUT2D eigenvalue weighted by Crippen LogP contribution is 2.29. The van der Waals surface area contributed by atoms with Gasteiger partial charge in [-0.2, -0.15) is 0 Å². The van der Waals surface area contributed by atoms with E-state index in [9.17, 15) is 9.18 Å². The minimum Gasteiger partial charge on any atom is -0.487 e. The van der Waals surface area contributed by atoms with Gasteiger partial charge in [-0.25, -0.2) is 4.39 Å². The number of thiocarbonyl (C=S) groups is 1. The van der Waals surface area contributed by atoms with E-state index in [-0.39, 0.29) is 24.4 Å². The standard InChI is InChI=1S/C23H22ClFN2O2S/c24-19-12-16(8-11-21(19)29-14-15-6-9-17(25)10-7-15)13-20-22(28)27(23(30)26-20)18-4-2-1-3-5-18/h6-13,18H,1-5,14H2,(H,26,30)/b20-13-. The molecule has 4 nitrogen and oxygen atoms in total. The van der Waals surface area contributed by atoms with Gasteiger partial charge in [0.15, 0.2) is 5.11 Å². The molecule has 156 valence electrons. The molecule has 1 amide bonds. The zero-order valence-corrected chi connectivity index (χ0v) is 17.9. The number of nitrogens with zero attached hydrogens (tertiary/aromatic N) is 1. The van der Waals surface area contributed by atoms with Gasteiger partial charge in [0.25, 0.3) is 5.91 Å². The Morgan fingerprint density at radius 3 is 2.60 bits per heavy atom. The highest BCUT2D eigenvalue weighted by molar-refractivity contribution is 7.80. The van der Waals surface area contributed by atoms with E-state index in [1.807, 2.05) is 6.07 Å². The number of halogens is 2. The zero-order valence-electron chi connectivity index (χ0n) is 16.4. The molecule has 2 aromatic carbocycles. The highest BCUT2D eigenvalue weighted by Gasteiger charge is 2.36. The van der Waals surface area contributed by atoms with Gasteiger partial charge in [-0.3, -0.25) is 9.69 Å². The number of nitrogens with one attached hydrogen (secondary N) is 1. The fourth-order valence-corrected chi connectivity index (χ4v) is 4.44. The summed E-state index contributed by atoms with van der Waals surface area (Å²) in [5.74, 6) is 0.152. The van der Waals surface area contributed by atoms with Crippen molar-refractivity contribution < 1.29 is 13.9 Å². The van der Waals surface area contributed by atoms with E-state index >= 15 is 0 Å². The maximum Gasteiger partial charge on any atom is 0.276 e. The molecule has 30 heavy (non-hydrogen) atoms. The van der Waals surface area contributed by atoms with Crippen LogP contribution in [0, 0.1) is 5.82 Å². The van der Waals surface area contributed by atoms with E-state index in [0.717, 1.165) is 36.8 Å². The summed E-state index contributed by atoms with van der Waals surface area (Å²) in [4.78, 5) is 14.6. The van der Waals surface area contributed by atoms with Crippen LogP contribution in [-0.4, -0.2) is 22.0 Å². The van der Waals surface area contributed by atoms with Crippen LogP contribution in [0.2, 0.25) is 5.02 Å². The highest BCUT2D eigenvalue weighted by atomic mass is 35.5. The number of rotatable bonds is 5. The van der Waals surface area contributed by atoms with Crippen LogP contribution >= 0.6 is 23.8 Å². The van der Waals surface area contributed by atoms with E-state index < -0.39 is 0 Å². The van der Waals surface area contributed by atoms with Gasteiger partial charge in [0.2, 0.25) is 0 Å². The Labute approximate surface area is 185 Å². The molecule has 4 rings (SSSR count). The van der Waals surface area contributed by atoms with Crippen LogP contribution < -0.4 is 10.1 Å². The van der Waals surface area contributed by atoms with Crippen LogP contribution in [0.25, 0.3) is 6.08 Å². The van der Waals surface area contributed by atoms with E-state index in [2.05, 4.69) is 5.32 Å². The largest absolute Gasteiger partial charge is 0.487 e. The predicted octanol–water partition coefficient (Wildman–Crippen LogP) is 5.45. The molecule has 1 saturated heterocycles. The van der Waals surface area contributed by atoms with Gasteiger partial charge in [-0.05, 0) is 66.5 Å². The summed E-state index contributed by atoms with van der Waals surface area (Å²) in [6.45, 7) is 0.283. The second kappa shape index (κ2) is 9.14. The van der Waals surface area contributed by atoms with Crippen molar-refractivity contribution in [3.63, 3.8) is 0 Å². The van der Waals surface area contributed by atoms with Crippen LogP contribution in [0.4, 0.5) is 4.39 Å². The second-order valence-electron chi connectivity index (χ2n) is 7.56. The van der Waals surface area contributed by atoms with E-state index in [0.29, 0.717) is 21.6 Å². The van der Waals surface area contributed by atoms with Gasteiger partial charge in [0.1, 0.15) is 23.9 Å². The van der Waals surface area contributed by atoms with E-state index in [1.54, 1.807) is 35.2 Å². The molecule has 2 fully saturated rings. The molecule has 1 heterocycles. The minimum atomic E-state index is -0.286. The second-order valence-corrected chi connectivity index (χ2v) is 8.35. The molecule has 0 radical (unpaired) electrons. The van der Waals surface area contributed by atoms with Crippen LogP contribution in [0.15, 0.2) is 48.2 Å². The average Bonchev–Trinajstić information content (AvgIpc) is 3.02. The zero-order chi connectivity index (χ0) is 21.1. The smallest absolute Gasteiger partial charge is 0.276 e. The van der Waals surface area contributed by atoms with Gasteiger partial charge in [0, 0.05) is 6.04 Å². The molecular formula is C23H22ClFN2O2S. The third kappa shape index (κ3) is 4.65. The molecule has 0 aromatic heterocycles. The molecule has 0 spiro atoms. The van der Waals surface area contributed by atoms with Crippen molar-refractivity contribution in [2.75, 3.05) is 0 Å². The van der Waals surface area contributed by atoms with Gasteiger partial charge >= 0.3 is 0 Å². The van der Waals surface area contributed by atoms with Crippen LogP contribution in [0.3, 0.4) is 0 Å². The summed E-state index contributed by atoms with van der Waals surface area (Å²) >= 11 is 11.8. The van der Waals surface area contributed by atoms with Gasteiger partial charge in [0.05, 0.1) is 5.02 Å². The van der Waals surface area contributed by atoms with E-state index in [4.69, 9.17) is 28.6 Å². The van der Waals surface area contributed by atoms with Crippen LogP contribution in [0.1, 0.15) is 43.2 Å². The van der Waals surface area contributed by atoms with Gasteiger partial charge < -0.3 is 10.1 Å². The third-order valence-electron chi connectivity index (χ3n) is 5.42. The summed E-state index contributed by atoms with van der Waals surface area (Å²) in [6.07, 6.45) is 7.22. The van der Waals surface area contributed by atoms with Crippen molar-refractivity contribution in [3.8, 4) is 5.75 Å². The Kier molecular flexibility index (Phi) is 6.35. The number of ether oxygens (including phenoxy) is 1. The van der Waals surface area contributed by atoms with Crippen molar-refractivity contribution in [3.05, 3.63) is 70.1 Å². The minimum absolute atomic E-state index is 0.0836. The Morgan fingerprint density at radius 2 is 1.90 bits per heavy atom. The number of hydrogen-bond acceptors (Lipinski definition) is 3. The summed E-state index contributed by atoms with van der Waals surface area (Å²) in [5, 5.41) is 3.96. The van der Waals surface area contributed by atoms with Gasteiger partial charge in [-0.1, -0.05) is 49.1 Å². The molecule has 0 atom stereocenters. The first-order valence-corrected chi connectivity index (χ1v) is 10.8. The number of benzene rings is 2. The Morgan fingerprint density at radius 1 is 1.17 bits per heavy atom. The molecular weight excluding hydrogens is 423 g/mol. The quantitative estimate of drug-likeness (QED) is 0.492. The van der Waals surface area contributed by atoms with Crippen molar-refractivity contribution >= 4 is 40.9 Å². The Balaban J connectivity index is 1.44. The van der Waals surface area contributed by atoms with Crippen molar-refractivity contribution in [2.24, 2.45) is 0 Å². The number of carbonyl (C=O) groups excluding carboxylic acids is 1. The lowest BCUT2D eigenvalue weighted by Crippen LogP contribution is -2.41. The Bertz CT molecular complexity index is 987. The molecule has 2 aliphatic rings. The van der Waals surface area contributed by atoms with Crippen LogP contribution in [-0.2, 0) is 11.4 Å². The van der Waals surface area contributed by atoms with Gasteiger partial charge in [-0.15, -0.1) is 0 Å². The molecule has 2 aromatic rings. The fourth-order valence-electron chi connectivity index (χ4n) is 3.85. The first kappa shape index (κ1) is 20.8. The normalized spacial score (nSPS) is 18.7. The average molecular weight is 445 g/mol. The molecule has 1 saturated carbocycles. The monoisotopic (exact) mass is 444 g/mol. The Hall–Kier alpha value is -2.44. The summed E-state index contributed by atoms with van der Waals surface area (Å²) in [6, 6.07) is 11.6. The molecule has 7 heteroatoms. The molecule has 0 unspecified atom stereocenters. The summed E-state index contributed by atoms with van der Waals surface area (Å²) in [5.41, 5.74) is 2.08. The number of carbonyl (C=O) groups is 1. The lowest BCUT2D eigenvalue weighted by molar-refractivity contribution is -0.124. The summed E-state index contributed by atoms with van der Waals surface area (Å²) in [7, 11) is 0. The first-order chi connectivity index (χ1) is 14.5. The lowest BCUT2D eigenvalue weighted by atomic mass is 9.94. The first-order valence-electron chi connectivity index (χ1n) is 10.0. The number of amides is 1. The number of hydrogen-bond donors (Lipinski definition) is 1. The lowest BCUT2D eigenvalue weighted by Gasteiger charge is -2.29. The SMILES string of the molecule is O=C1/C(=C/c2ccc(OCc3ccc(F)cc3)c(Cl)c2)NC(=S)N1C1CCCCC1. The van der Waals surface area contributed by atoms with Crippen molar-refractivity contribution in [1.82, 2.24) is 10.2 Å². The molecule has 1 N–H and O–H groups in total. The summed E-state index contributed by atoms with van der Waals surface area (Å²) < 4.78 is 18.7. The predicted molar refractivity (Wildman–Crippen MR) is 120 cm³/mol. The molecule has 1 aliphatic carbocycles. The fraction of sp³-hybridized carbons (Fsp3) is 0.304.